The van der Waals surface area contributed by atoms with E-state index < -0.39 is 17.9 Å². The van der Waals surface area contributed by atoms with Crippen LogP contribution in [0.15, 0.2) is 12.7 Å². The number of hydrogen-bond donors (Lipinski definition) is 0. The lowest BCUT2D eigenvalue weighted by atomic mass is 9.88. The molecule has 0 rings (SSSR count). The maximum atomic E-state index is 11.4. The lowest BCUT2D eigenvalue weighted by Gasteiger charge is -2.19. The van der Waals surface area contributed by atoms with Crippen molar-refractivity contribution in [3.05, 3.63) is 12.7 Å². The standard InChI is InChI=1S/C11H18O4/c1-5-7-8(6-2)9(10(12)14-3)11(13)15-4/h6,8-9H,2,5,7H2,1,3-4H3/t8-/m1/s1. The monoisotopic (exact) mass is 214 g/mol. The van der Waals surface area contributed by atoms with Gasteiger partial charge in [-0.1, -0.05) is 19.4 Å². The Morgan fingerprint density at radius 3 is 2.00 bits per heavy atom. The van der Waals surface area contributed by atoms with Gasteiger partial charge in [-0.3, -0.25) is 9.59 Å². The molecular weight excluding hydrogens is 196 g/mol. The Morgan fingerprint density at radius 1 is 1.27 bits per heavy atom. The molecule has 4 heteroatoms. The van der Waals surface area contributed by atoms with E-state index >= 15 is 0 Å². The summed E-state index contributed by atoms with van der Waals surface area (Å²) >= 11 is 0. The second-order valence-electron chi connectivity index (χ2n) is 3.21. The summed E-state index contributed by atoms with van der Waals surface area (Å²) in [5.74, 6) is -2.26. The maximum absolute atomic E-state index is 11.4. The Labute approximate surface area is 90.2 Å². The number of hydrogen-bond acceptors (Lipinski definition) is 4. The molecule has 0 unspecified atom stereocenters. The van der Waals surface area contributed by atoms with Crippen molar-refractivity contribution in [3.63, 3.8) is 0 Å². The molecule has 0 aromatic rings. The molecule has 0 saturated carbocycles. The van der Waals surface area contributed by atoms with Crippen molar-refractivity contribution in [2.45, 2.75) is 19.8 Å². The first-order chi connectivity index (χ1) is 7.12. The van der Waals surface area contributed by atoms with Crippen LogP contribution in [0.4, 0.5) is 0 Å². The van der Waals surface area contributed by atoms with Gasteiger partial charge in [0.05, 0.1) is 14.2 Å². The average molecular weight is 214 g/mol. The van der Waals surface area contributed by atoms with Crippen LogP contribution in [0.1, 0.15) is 19.8 Å². The van der Waals surface area contributed by atoms with Gasteiger partial charge in [0.2, 0.25) is 0 Å². The number of carbonyl (C=O) groups excluding carboxylic acids is 2. The summed E-state index contributed by atoms with van der Waals surface area (Å²) in [5, 5.41) is 0. The van der Waals surface area contributed by atoms with Crippen LogP contribution in [0.3, 0.4) is 0 Å². The second-order valence-corrected chi connectivity index (χ2v) is 3.21. The predicted octanol–water partition coefficient (Wildman–Crippen LogP) is 1.55. The highest BCUT2D eigenvalue weighted by atomic mass is 16.5. The number of ether oxygens (including phenoxy) is 2. The minimum absolute atomic E-state index is 0.227. The molecule has 0 aromatic heterocycles. The van der Waals surface area contributed by atoms with E-state index in [0.717, 1.165) is 6.42 Å². The largest absolute Gasteiger partial charge is 0.468 e. The summed E-state index contributed by atoms with van der Waals surface area (Å²) in [6.07, 6.45) is 3.17. The van der Waals surface area contributed by atoms with Gasteiger partial charge in [-0.2, -0.15) is 0 Å². The van der Waals surface area contributed by atoms with Crippen LogP contribution in [-0.4, -0.2) is 26.2 Å². The lowest BCUT2D eigenvalue weighted by molar-refractivity contribution is -0.160. The van der Waals surface area contributed by atoms with Crippen LogP contribution in [0, 0.1) is 11.8 Å². The third-order valence-electron chi connectivity index (χ3n) is 2.26. The first-order valence-electron chi connectivity index (χ1n) is 4.90. The molecule has 0 amide bonds. The van der Waals surface area contributed by atoms with Gasteiger partial charge in [0.15, 0.2) is 5.92 Å². The van der Waals surface area contributed by atoms with Gasteiger partial charge in [-0.05, 0) is 6.42 Å². The highest BCUT2D eigenvalue weighted by molar-refractivity contribution is 5.95. The Morgan fingerprint density at radius 2 is 1.73 bits per heavy atom. The first kappa shape index (κ1) is 13.7. The van der Waals surface area contributed by atoms with Crippen molar-refractivity contribution in [2.24, 2.45) is 11.8 Å². The molecule has 0 fully saturated rings. The third kappa shape index (κ3) is 3.73. The average Bonchev–Trinajstić information content (AvgIpc) is 2.27. The van der Waals surface area contributed by atoms with Crippen molar-refractivity contribution >= 4 is 11.9 Å². The van der Waals surface area contributed by atoms with E-state index in [4.69, 9.17) is 0 Å². The van der Waals surface area contributed by atoms with Gasteiger partial charge in [-0.25, -0.2) is 0 Å². The maximum Gasteiger partial charge on any atom is 0.320 e. The van der Waals surface area contributed by atoms with Crippen LogP contribution in [0.2, 0.25) is 0 Å². The molecule has 0 aromatic carbocycles. The highest BCUT2D eigenvalue weighted by Crippen LogP contribution is 2.21. The van der Waals surface area contributed by atoms with Crippen molar-refractivity contribution in [1.29, 1.82) is 0 Å². The molecule has 0 bridgehead atoms. The van der Waals surface area contributed by atoms with Gasteiger partial charge in [0.25, 0.3) is 0 Å². The highest BCUT2D eigenvalue weighted by Gasteiger charge is 2.34. The lowest BCUT2D eigenvalue weighted by Crippen LogP contribution is -2.32. The topological polar surface area (TPSA) is 52.6 Å². The van der Waals surface area contributed by atoms with Gasteiger partial charge in [0, 0.05) is 5.92 Å². The summed E-state index contributed by atoms with van der Waals surface area (Å²) in [7, 11) is 2.51. The molecule has 0 N–H and O–H groups in total. The molecule has 0 aliphatic heterocycles. The van der Waals surface area contributed by atoms with Crippen LogP contribution >= 0.6 is 0 Å². The number of carbonyl (C=O) groups is 2. The fourth-order valence-electron chi connectivity index (χ4n) is 1.45. The third-order valence-corrected chi connectivity index (χ3v) is 2.26. The fourth-order valence-corrected chi connectivity index (χ4v) is 1.45. The van der Waals surface area contributed by atoms with Crippen molar-refractivity contribution in [3.8, 4) is 0 Å². The number of methoxy groups -OCH3 is 2. The number of allylic oxidation sites excluding steroid dienone is 1. The quantitative estimate of drug-likeness (QED) is 0.382. The van der Waals surface area contributed by atoms with Gasteiger partial charge < -0.3 is 9.47 Å². The Hall–Kier alpha value is -1.32. The zero-order valence-electron chi connectivity index (χ0n) is 9.49. The molecule has 0 heterocycles. The second kappa shape index (κ2) is 7.04. The fraction of sp³-hybridized carbons (Fsp3) is 0.636. The predicted molar refractivity (Wildman–Crippen MR) is 56.1 cm³/mol. The van der Waals surface area contributed by atoms with E-state index in [1.807, 2.05) is 6.92 Å². The van der Waals surface area contributed by atoms with Gasteiger partial charge >= 0.3 is 11.9 Å². The van der Waals surface area contributed by atoms with Crippen LogP contribution < -0.4 is 0 Å². The molecule has 0 spiro atoms. The minimum Gasteiger partial charge on any atom is -0.468 e. The van der Waals surface area contributed by atoms with Gasteiger partial charge in [0.1, 0.15) is 0 Å². The molecule has 15 heavy (non-hydrogen) atoms. The molecule has 86 valence electrons. The molecule has 1 atom stereocenters. The molecular formula is C11H18O4. The summed E-state index contributed by atoms with van der Waals surface area (Å²) < 4.78 is 9.15. The summed E-state index contributed by atoms with van der Waals surface area (Å²) in [5.41, 5.74) is 0. The van der Waals surface area contributed by atoms with E-state index in [0.29, 0.717) is 6.42 Å². The van der Waals surface area contributed by atoms with Crippen LogP contribution in [-0.2, 0) is 19.1 Å². The van der Waals surface area contributed by atoms with E-state index in [1.54, 1.807) is 6.08 Å². The zero-order valence-corrected chi connectivity index (χ0v) is 9.49. The molecule has 0 saturated heterocycles. The number of rotatable bonds is 6. The summed E-state index contributed by atoms with van der Waals surface area (Å²) in [6.45, 7) is 5.59. The van der Waals surface area contributed by atoms with Gasteiger partial charge in [-0.15, -0.1) is 6.58 Å². The first-order valence-corrected chi connectivity index (χ1v) is 4.90. The minimum atomic E-state index is -0.891. The van der Waals surface area contributed by atoms with Crippen molar-refractivity contribution < 1.29 is 19.1 Å². The Bertz CT molecular complexity index is 219. The van der Waals surface area contributed by atoms with Crippen molar-refractivity contribution in [2.75, 3.05) is 14.2 Å². The summed E-state index contributed by atoms with van der Waals surface area (Å²) in [6, 6.07) is 0. The molecule has 0 aliphatic carbocycles. The zero-order chi connectivity index (χ0) is 11.8. The van der Waals surface area contributed by atoms with E-state index in [1.165, 1.54) is 14.2 Å². The molecule has 0 radical (unpaired) electrons. The number of esters is 2. The van der Waals surface area contributed by atoms with Crippen LogP contribution in [0.25, 0.3) is 0 Å². The van der Waals surface area contributed by atoms with Crippen molar-refractivity contribution in [1.82, 2.24) is 0 Å². The van der Waals surface area contributed by atoms with Crippen LogP contribution in [0.5, 0.6) is 0 Å². The molecule has 4 nitrogen and oxygen atoms in total. The Balaban J connectivity index is 4.80. The smallest absolute Gasteiger partial charge is 0.320 e. The summed E-state index contributed by atoms with van der Waals surface area (Å²) in [4.78, 5) is 22.8. The van der Waals surface area contributed by atoms with E-state index in [2.05, 4.69) is 16.1 Å². The Kier molecular flexibility index (Phi) is 6.42. The SMILES string of the molecule is C=C[C@H](CCC)C(C(=O)OC)C(=O)OC. The molecule has 0 aliphatic rings. The normalized spacial score (nSPS) is 12.0. The van der Waals surface area contributed by atoms with E-state index in [-0.39, 0.29) is 5.92 Å². The van der Waals surface area contributed by atoms with E-state index in [9.17, 15) is 9.59 Å².